The zero-order valence-electron chi connectivity index (χ0n) is 16.2. The molecule has 0 aliphatic carbocycles. The summed E-state index contributed by atoms with van der Waals surface area (Å²) in [6.45, 7) is 1.57. The maximum absolute atomic E-state index is 12.6. The van der Waals surface area contributed by atoms with Crippen LogP contribution >= 0.6 is 0 Å². The number of pyridine rings is 1. The Hall–Kier alpha value is -4.19. The van der Waals surface area contributed by atoms with Crippen molar-refractivity contribution in [2.24, 2.45) is 0 Å². The largest absolute Gasteiger partial charge is 0.497 e. The Morgan fingerprint density at radius 1 is 1.20 bits per heavy atom. The summed E-state index contributed by atoms with van der Waals surface area (Å²) in [4.78, 5) is 39.2. The first-order valence-electron chi connectivity index (χ1n) is 9.04. The van der Waals surface area contributed by atoms with Crippen LogP contribution in [0, 0.1) is 18.8 Å². The van der Waals surface area contributed by atoms with Gasteiger partial charge >= 0.3 is 6.03 Å². The number of aromatic nitrogens is 2. The molecule has 1 aromatic carbocycles. The van der Waals surface area contributed by atoms with Crippen molar-refractivity contribution < 1.29 is 19.4 Å². The summed E-state index contributed by atoms with van der Waals surface area (Å²) in [5.41, 5.74) is -1.23. The third-order valence-corrected chi connectivity index (χ3v) is 4.88. The van der Waals surface area contributed by atoms with Crippen molar-refractivity contribution in [2.45, 2.75) is 19.0 Å². The highest BCUT2D eigenvalue weighted by atomic mass is 16.5. The number of rotatable bonds is 3. The fourth-order valence-corrected chi connectivity index (χ4v) is 3.30. The topological polar surface area (TPSA) is 125 Å². The number of aromatic amines is 1. The second-order valence-corrected chi connectivity index (χ2v) is 6.98. The van der Waals surface area contributed by atoms with E-state index in [0.717, 1.165) is 5.39 Å². The van der Waals surface area contributed by atoms with Crippen LogP contribution in [-0.4, -0.2) is 39.2 Å². The molecular weight excluding hydrogens is 388 g/mol. The number of amides is 3. The van der Waals surface area contributed by atoms with E-state index in [2.05, 4.69) is 27.5 Å². The highest BCUT2D eigenvalue weighted by molar-refractivity contribution is 6.09. The minimum atomic E-state index is -1.66. The number of nitrogens with one attached hydrogen (secondary N) is 3. The van der Waals surface area contributed by atoms with Crippen molar-refractivity contribution in [3.05, 3.63) is 58.1 Å². The Morgan fingerprint density at radius 3 is 2.67 bits per heavy atom. The Balaban J connectivity index is 1.78. The van der Waals surface area contributed by atoms with Crippen LogP contribution in [0.15, 0.2) is 41.3 Å². The van der Waals surface area contributed by atoms with Gasteiger partial charge in [0.25, 0.3) is 11.5 Å². The van der Waals surface area contributed by atoms with Gasteiger partial charge in [-0.25, -0.2) is 4.79 Å². The van der Waals surface area contributed by atoms with Gasteiger partial charge in [0.2, 0.25) is 5.54 Å². The third kappa shape index (κ3) is 3.24. The fraction of sp³-hybridized carbons (Fsp3) is 0.190. The smallest absolute Gasteiger partial charge is 0.323 e. The number of fused-ring (bicyclic) bond motifs is 1. The lowest BCUT2D eigenvalue weighted by molar-refractivity contribution is -0.122. The van der Waals surface area contributed by atoms with Crippen LogP contribution in [0.3, 0.4) is 0 Å². The number of imide groups is 1. The lowest BCUT2D eigenvalue weighted by atomic mass is 10.00. The summed E-state index contributed by atoms with van der Waals surface area (Å²) in [5.74, 6) is 5.20. The van der Waals surface area contributed by atoms with Gasteiger partial charge in [-0.3, -0.25) is 14.9 Å². The highest BCUT2D eigenvalue weighted by Crippen LogP contribution is 2.31. The van der Waals surface area contributed by atoms with Crippen LogP contribution in [0.5, 0.6) is 11.6 Å². The van der Waals surface area contributed by atoms with Crippen molar-refractivity contribution in [1.82, 2.24) is 20.2 Å². The molecule has 152 valence electrons. The molecule has 0 unspecified atom stereocenters. The molecule has 9 heteroatoms. The van der Waals surface area contributed by atoms with Gasteiger partial charge in [0, 0.05) is 22.7 Å². The first-order valence-corrected chi connectivity index (χ1v) is 9.04. The average molecular weight is 406 g/mol. The molecule has 1 atom stereocenters. The van der Waals surface area contributed by atoms with Gasteiger partial charge in [-0.15, -0.1) is 0 Å². The molecule has 30 heavy (non-hydrogen) atoms. The minimum absolute atomic E-state index is 0.104. The van der Waals surface area contributed by atoms with Crippen LogP contribution in [0.2, 0.25) is 0 Å². The normalized spacial score (nSPS) is 17.9. The van der Waals surface area contributed by atoms with E-state index in [1.54, 1.807) is 37.4 Å². The van der Waals surface area contributed by atoms with Crippen LogP contribution < -0.4 is 20.9 Å². The molecule has 1 fully saturated rings. The molecule has 1 aliphatic heterocycles. The Labute approximate surface area is 170 Å². The zero-order chi connectivity index (χ0) is 21.5. The number of urea groups is 1. The quantitative estimate of drug-likeness (QED) is 0.381. The molecule has 0 radical (unpaired) electrons. The molecule has 4 N–H and O–H groups in total. The van der Waals surface area contributed by atoms with Crippen molar-refractivity contribution >= 4 is 22.7 Å². The SMILES string of the molecule is COc1ccc2cn(C[C@@]3(C#Cc4ccc(C)[nH]c4=O)NC(=O)NC3=O)c(O)c2c1. The molecule has 3 aromatic rings. The maximum atomic E-state index is 12.6. The predicted octanol–water partition coefficient (Wildman–Crippen LogP) is 0.982. The molecule has 4 rings (SSSR count). The number of hydrogen-bond donors (Lipinski definition) is 4. The summed E-state index contributed by atoms with van der Waals surface area (Å²) in [5, 5.41) is 16.6. The molecule has 1 aliphatic rings. The summed E-state index contributed by atoms with van der Waals surface area (Å²) >= 11 is 0. The van der Waals surface area contributed by atoms with Gasteiger partial charge in [0.05, 0.1) is 19.2 Å². The first-order chi connectivity index (χ1) is 14.3. The van der Waals surface area contributed by atoms with E-state index in [0.29, 0.717) is 16.8 Å². The number of benzene rings is 1. The third-order valence-electron chi connectivity index (χ3n) is 4.88. The maximum Gasteiger partial charge on any atom is 0.323 e. The molecular formula is C21H18N4O5. The fourth-order valence-electron chi connectivity index (χ4n) is 3.30. The van der Waals surface area contributed by atoms with E-state index in [-0.39, 0.29) is 18.0 Å². The van der Waals surface area contributed by atoms with Gasteiger partial charge in [-0.05, 0) is 37.3 Å². The number of carbonyl (C=O) groups excluding carboxylic acids is 2. The van der Waals surface area contributed by atoms with Crippen molar-refractivity contribution in [3.63, 3.8) is 0 Å². The van der Waals surface area contributed by atoms with Crippen molar-refractivity contribution in [3.8, 4) is 23.5 Å². The number of H-pyrrole nitrogens is 1. The molecule has 1 saturated heterocycles. The van der Waals surface area contributed by atoms with Crippen LogP contribution in [0.1, 0.15) is 11.3 Å². The minimum Gasteiger partial charge on any atom is -0.497 e. The van der Waals surface area contributed by atoms with E-state index in [1.165, 1.54) is 17.7 Å². The lowest BCUT2D eigenvalue weighted by Crippen LogP contribution is -2.49. The van der Waals surface area contributed by atoms with Gasteiger partial charge < -0.3 is 24.7 Å². The Bertz CT molecular complexity index is 1310. The van der Waals surface area contributed by atoms with E-state index >= 15 is 0 Å². The standard InChI is InChI=1S/C21H18N4O5/c1-12-3-4-13(17(26)22-12)7-8-21(19(28)23-20(29)24-21)11-25-10-14-5-6-15(30-2)9-16(14)18(25)27/h3-6,9-10,27H,11H2,1-2H3,(H,22,26)(H2,23,24,28,29)/t21-/m1/s1. The van der Waals surface area contributed by atoms with Gasteiger partial charge in [-0.1, -0.05) is 11.8 Å². The molecule has 0 spiro atoms. The van der Waals surface area contributed by atoms with Gasteiger partial charge in [0.15, 0.2) is 5.88 Å². The summed E-state index contributed by atoms with van der Waals surface area (Å²) in [6, 6.07) is 7.70. The average Bonchev–Trinajstić information content (AvgIpc) is 3.16. The lowest BCUT2D eigenvalue weighted by Gasteiger charge is -2.20. The highest BCUT2D eigenvalue weighted by Gasteiger charge is 2.46. The Morgan fingerprint density at radius 2 is 2.00 bits per heavy atom. The van der Waals surface area contributed by atoms with Gasteiger partial charge in [-0.2, -0.15) is 0 Å². The number of aryl methyl sites for hydroxylation is 1. The molecule has 0 bridgehead atoms. The molecule has 2 aromatic heterocycles. The first kappa shape index (κ1) is 19.1. The Kier molecular flexibility index (Phi) is 4.47. The number of carbonyl (C=O) groups is 2. The van der Waals surface area contributed by atoms with E-state index < -0.39 is 23.0 Å². The van der Waals surface area contributed by atoms with E-state index in [9.17, 15) is 19.5 Å². The number of methoxy groups -OCH3 is 1. The molecule has 3 amide bonds. The molecule has 9 nitrogen and oxygen atoms in total. The zero-order valence-corrected chi connectivity index (χ0v) is 16.2. The monoisotopic (exact) mass is 406 g/mol. The van der Waals surface area contributed by atoms with Crippen molar-refractivity contribution in [1.29, 1.82) is 0 Å². The summed E-state index contributed by atoms with van der Waals surface area (Å²) < 4.78 is 6.60. The molecule has 3 heterocycles. The number of nitrogens with zero attached hydrogens (tertiary/aromatic N) is 1. The number of aromatic hydroxyl groups is 1. The second-order valence-electron chi connectivity index (χ2n) is 6.98. The predicted molar refractivity (Wildman–Crippen MR) is 108 cm³/mol. The number of hydrogen-bond acceptors (Lipinski definition) is 5. The van der Waals surface area contributed by atoms with Crippen molar-refractivity contribution in [2.75, 3.05) is 7.11 Å². The van der Waals surface area contributed by atoms with E-state index in [1.807, 2.05) is 0 Å². The second kappa shape index (κ2) is 7.00. The van der Waals surface area contributed by atoms with Crippen LogP contribution in [-0.2, 0) is 11.3 Å². The van der Waals surface area contributed by atoms with Gasteiger partial charge in [0.1, 0.15) is 5.75 Å². The van der Waals surface area contributed by atoms with E-state index in [4.69, 9.17) is 4.74 Å². The summed E-state index contributed by atoms with van der Waals surface area (Å²) in [6.07, 6.45) is 1.64. The van der Waals surface area contributed by atoms with Crippen LogP contribution in [0.25, 0.3) is 10.8 Å². The molecule has 0 saturated carbocycles. The number of ether oxygens (including phenoxy) is 1. The summed E-state index contributed by atoms with van der Waals surface area (Å²) in [7, 11) is 1.52. The van der Waals surface area contributed by atoms with Crippen LogP contribution in [0.4, 0.5) is 4.79 Å².